The smallest absolute Gasteiger partial charge is 0.223 e. The van der Waals surface area contributed by atoms with Gasteiger partial charge in [0.25, 0.3) is 0 Å². The number of hydrogen-bond donors (Lipinski definition) is 1. The van der Waals surface area contributed by atoms with Crippen molar-refractivity contribution in [2.45, 2.75) is 25.3 Å². The first-order valence-electron chi connectivity index (χ1n) is 7.15. The lowest BCUT2D eigenvalue weighted by atomic mass is 10.0. The number of aliphatic hydroxyl groups is 1. The summed E-state index contributed by atoms with van der Waals surface area (Å²) in [5.41, 5.74) is 2.28. The molecule has 112 valence electrons. The number of aryl methyl sites for hydroxylation is 1. The van der Waals surface area contributed by atoms with Crippen LogP contribution in [0.15, 0.2) is 47.2 Å². The van der Waals surface area contributed by atoms with Gasteiger partial charge in [-0.25, -0.2) is 0 Å². The topological polar surface area (TPSA) is 40.5 Å². The molecule has 2 rings (SSSR count). The van der Waals surface area contributed by atoms with Gasteiger partial charge >= 0.3 is 0 Å². The molecule has 0 aliphatic heterocycles. The van der Waals surface area contributed by atoms with Crippen LogP contribution in [-0.2, 0) is 11.2 Å². The van der Waals surface area contributed by atoms with Crippen LogP contribution in [-0.4, -0.2) is 29.6 Å². The number of thiophene rings is 1. The van der Waals surface area contributed by atoms with Gasteiger partial charge in [0.05, 0.1) is 6.04 Å². The largest absolute Gasteiger partial charge is 0.396 e. The van der Waals surface area contributed by atoms with Gasteiger partial charge in [0.15, 0.2) is 0 Å². The fraction of sp³-hybridized carbons (Fsp3) is 0.353. The molecule has 2 aromatic rings. The molecule has 21 heavy (non-hydrogen) atoms. The fourth-order valence-electron chi connectivity index (χ4n) is 2.42. The minimum atomic E-state index is -0.0637. The van der Waals surface area contributed by atoms with Gasteiger partial charge in [0.1, 0.15) is 0 Å². The molecule has 1 aromatic carbocycles. The maximum Gasteiger partial charge on any atom is 0.223 e. The van der Waals surface area contributed by atoms with Crippen molar-refractivity contribution in [3.63, 3.8) is 0 Å². The van der Waals surface area contributed by atoms with Crippen molar-refractivity contribution in [1.82, 2.24) is 4.90 Å². The summed E-state index contributed by atoms with van der Waals surface area (Å²) in [5.74, 6) is 0.114. The third-order valence-corrected chi connectivity index (χ3v) is 4.39. The molecule has 1 amide bonds. The summed E-state index contributed by atoms with van der Waals surface area (Å²) in [6.45, 7) is 0.0711. The highest BCUT2D eigenvalue weighted by molar-refractivity contribution is 7.07. The Kier molecular flexibility index (Phi) is 5.96. The maximum absolute atomic E-state index is 12.4. The quantitative estimate of drug-likeness (QED) is 0.853. The molecule has 1 heterocycles. The molecule has 4 heteroatoms. The monoisotopic (exact) mass is 303 g/mol. The normalized spacial score (nSPS) is 12.1. The fourth-order valence-corrected chi connectivity index (χ4v) is 3.12. The summed E-state index contributed by atoms with van der Waals surface area (Å²) < 4.78 is 0. The Hall–Kier alpha value is -1.65. The lowest BCUT2D eigenvalue weighted by molar-refractivity contribution is -0.132. The van der Waals surface area contributed by atoms with E-state index in [-0.39, 0.29) is 18.6 Å². The summed E-state index contributed by atoms with van der Waals surface area (Å²) >= 11 is 1.65. The van der Waals surface area contributed by atoms with E-state index in [1.807, 2.05) is 42.8 Å². The lowest BCUT2D eigenvalue weighted by Crippen LogP contribution is -2.32. The number of amides is 1. The lowest BCUT2D eigenvalue weighted by Gasteiger charge is -2.28. The third kappa shape index (κ3) is 4.41. The first-order valence-corrected chi connectivity index (χ1v) is 8.09. The molecule has 1 aromatic heterocycles. The second kappa shape index (κ2) is 7.96. The maximum atomic E-state index is 12.4. The number of carbonyl (C=O) groups is 1. The molecule has 1 N–H and O–H groups in total. The Balaban J connectivity index is 2.00. The van der Waals surface area contributed by atoms with E-state index in [1.54, 1.807) is 16.2 Å². The summed E-state index contributed by atoms with van der Waals surface area (Å²) in [7, 11) is 1.82. The van der Waals surface area contributed by atoms with Crippen molar-refractivity contribution >= 4 is 17.2 Å². The Morgan fingerprint density at radius 2 is 2.05 bits per heavy atom. The number of carbonyl (C=O) groups excluding carboxylic acids is 1. The average molecular weight is 303 g/mol. The summed E-state index contributed by atoms with van der Waals surface area (Å²) in [6.07, 6.45) is 1.83. The zero-order valence-electron chi connectivity index (χ0n) is 12.2. The van der Waals surface area contributed by atoms with Crippen LogP contribution in [0.5, 0.6) is 0 Å². The zero-order chi connectivity index (χ0) is 15.1. The molecular weight excluding hydrogens is 282 g/mol. The van der Waals surface area contributed by atoms with Crippen LogP contribution in [0.4, 0.5) is 0 Å². The molecule has 0 saturated carbocycles. The molecular formula is C17H21NO2S. The van der Waals surface area contributed by atoms with E-state index < -0.39 is 0 Å². The van der Waals surface area contributed by atoms with Crippen molar-refractivity contribution in [2.75, 3.05) is 13.7 Å². The molecule has 0 spiro atoms. The highest BCUT2D eigenvalue weighted by Gasteiger charge is 2.20. The predicted octanol–water partition coefficient (Wildman–Crippen LogP) is 3.26. The molecule has 0 bridgehead atoms. The molecule has 0 aliphatic rings. The zero-order valence-corrected chi connectivity index (χ0v) is 13.1. The van der Waals surface area contributed by atoms with Crippen LogP contribution in [0.25, 0.3) is 0 Å². The number of hydrogen-bond acceptors (Lipinski definition) is 3. The van der Waals surface area contributed by atoms with E-state index >= 15 is 0 Å². The van der Waals surface area contributed by atoms with Crippen LogP contribution in [0.1, 0.15) is 30.0 Å². The Bertz CT molecular complexity index is 539. The summed E-state index contributed by atoms with van der Waals surface area (Å²) in [6, 6.07) is 11.9. The third-order valence-electron chi connectivity index (χ3n) is 3.66. The second-order valence-electron chi connectivity index (χ2n) is 5.08. The van der Waals surface area contributed by atoms with Gasteiger partial charge in [-0.1, -0.05) is 30.3 Å². The standard InChI is InChI=1S/C17H21NO2S/c1-18(17(20)8-7-14-10-12-21-13-14)16(9-11-19)15-5-3-2-4-6-15/h2-6,10,12-13,16,19H,7-9,11H2,1H3. The Morgan fingerprint density at radius 1 is 1.29 bits per heavy atom. The molecule has 0 aliphatic carbocycles. The minimum Gasteiger partial charge on any atom is -0.396 e. The van der Waals surface area contributed by atoms with Crippen LogP contribution in [0.3, 0.4) is 0 Å². The van der Waals surface area contributed by atoms with Crippen LogP contribution in [0, 0.1) is 0 Å². The van der Waals surface area contributed by atoms with Gasteiger partial charge in [0.2, 0.25) is 5.91 Å². The van der Waals surface area contributed by atoms with Crippen molar-refractivity contribution in [1.29, 1.82) is 0 Å². The molecule has 0 saturated heterocycles. The van der Waals surface area contributed by atoms with E-state index in [0.29, 0.717) is 12.8 Å². The number of rotatable bonds is 7. The van der Waals surface area contributed by atoms with E-state index in [9.17, 15) is 9.90 Å². The van der Waals surface area contributed by atoms with E-state index in [4.69, 9.17) is 0 Å². The molecule has 0 radical (unpaired) electrons. The van der Waals surface area contributed by atoms with Gasteiger partial charge in [-0.2, -0.15) is 11.3 Å². The minimum absolute atomic E-state index is 0.0637. The first-order chi connectivity index (χ1) is 10.2. The van der Waals surface area contributed by atoms with Crippen molar-refractivity contribution < 1.29 is 9.90 Å². The van der Waals surface area contributed by atoms with Gasteiger partial charge in [0, 0.05) is 20.1 Å². The number of nitrogens with zero attached hydrogens (tertiary/aromatic N) is 1. The van der Waals surface area contributed by atoms with Crippen LogP contribution in [0.2, 0.25) is 0 Å². The molecule has 0 fully saturated rings. The molecule has 1 unspecified atom stereocenters. The Morgan fingerprint density at radius 3 is 2.67 bits per heavy atom. The van der Waals surface area contributed by atoms with Crippen molar-refractivity contribution in [3.8, 4) is 0 Å². The number of benzene rings is 1. The Labute approximate surface area is 129 Å². The van der Waals surface area contributed by atoms with Gasteiger partial charge in [-0.05, 0) is 40.8 Å². The highest BCUT2D eigenvalue weighted by Crippen LogP contribution is 2.23. The van der Waals surface area contributed by atoms with Crippen molar-refractivity contribution in [3.05, 3.63) is 58.3 Å². The van der Waals surface area contributed by atoms with Crippen LogP contribution < -0.4 is 0 Å². The predicted molar refractivity (Wildman–Crippen MR) is 86.3 cm³/mol. The average Bonchev–Trinajstić information content (AvgIpc) is 3.04. The molecule has 1 atom stereocenters. The summed E-state index contributed by atoms with van der Waals surface area (Å²) in [5, 5.41) is 13.4. The van der Waals surface area contributed by atoms with E-state index in [2.05, 4.69) is 11.4 Å². The van der Waals surface area contributed by atoms with Crippen LogP contribution >= 0.6 is 11.3 Å². The summed E-state index contributed by atoms with van der Waals surface area (Å²) in [4.78, 5) is 14.1. The molecule has 3 nitrogen and oxygen atoms in total. The SMILES string of the molecule is CN(C(=O)CCc1ccsc1)C(CCO)c1ccccc1. The van der Waals surface area contributed by atoms with Gasteiger partial charge < -0.3 is 10.0 Å². The van der Waals surface area contributed by atoms with E-state index in [1.165, 1.54) is 5.56 Å². The van der Waals surface area contributed by atoms with Gasteiger partial charge in [-0.3, -0.25) is 4.79 Å². The number of aliphatic hydroxyl groups excluding tert-OH is 1. The van der Waals surface area contributed by atoms with Gasteiger partial charge in [-0.15, -0.1) is 0 Å². The second-order valence-corrected chi connectivity index (χ2v) is 5.86. The highest BCUT2D eigenvalue weighted by atomic mass is 32.1. The van der Waals surface area contributed by atoms with Crippen molar-refractivity contribution in [2.24, 2.45) is 0 Å². The van der Waals surface area contributed by atoms with E-state index in [0.717, 1.165) is 12.0 Å². The first kappa shape index (κ1) is 15.7.